The van der Waals surface area contributed by atoms with Gasteiger partial charge >= 0.3 is 0 Å². The Bertz CT molecular complexity index is 565. The van der Waals surface area contributed by atoms with Crippen LogP contribution < -0.4 is 5.32 Å². The molecule has 1 heterocycles. The van der Waals surface area contributed by atoms with E-state index in [0.717, 1.165) is 11.1 Å². The Labute approximate surface area is 104 Å². The summed E-state index contributed by atoms with van der Waals surface area (Å²) >= 11 is 0. The van der Waals surface area contributed by atoms with Crippen LogP contribution in [0.25, 0.3) is 0 Å². The average molecular weight is 243 g/mol. The first kappa shape index (κ1) is 11.0. The molecule has 1 aromatic carbocycles. The zero-order valence-corrected chi connectivity index (χ0v) is 9.63. The number of hydrogen-bond acceptors (Lipinski definition) is 3. The Kier molecular flexibility index (Phi) is 2.60. The van der Waals surface area contributed by atoms with Crippen molar-refractivity contribution < 1.29 is 9.90 Å². The van der Waals surface area contributed by atoms with Crippen LogP contribution in [0.2, 0.25) is 0 Å². The van der Waals surface area contributed by atoms with Gasteiger partial charge in [0.2, 0.25) is 0 Å². The molecule has 2 unspecified atom stereocenters. The standard InChI is InChI=1S/C13H13N3O2/c17-11-5-8-3-1-2-4-9(8)12(11)16-13(18)10-6-14-7-15-10/h1-4,6-7,11-12,17H,5H2,(H,14,15)(H,16,18). The third-order valence-corrected chi connectivity index (χ3v) is 3.23. The molecule has 0 saturated heterocycles. The van der Waals surface area contributed by atoms with Crippen molar-refractivity contribution in [3.8, 4) is 0 Å². The fourth-order valence-electron chi connectivity index (χ4n) is 2.35. The van der Waals surface area contributed by atoms with E-state index >= 15 is 0 Å². The van der Waals surface area contributed by atoms with Crippen molar-refractivity contribution in [1.82, 2.24) is 15.3 Å². The Morgan fingerprint density at radius 1 is 1.44 bits per heavy atom. The van der Waals surface area contributed by atoms with Crippen LogP contribution in [-0.4, -0.2) is 27.1 Å². The molecule has 1 aromatic heterocycles. The second-order valence-electron chi connectivity index (χ2n) is 4.39. The number of benzene rings is 1. The summed E-state index contributed by atoms with van der Waals surface area (Å²) in [6.07, 6.45) is 2.91. The molecule has 18 heavy (non-hydrogen) atoms. The third-order valence-electron chi connectivity index (χ3n) is 3.23. The van der Waals surface area contributed by atoms with E-state index < -0.39 is 6.10 Å². The second-order valence-corrected chi connectivity index (χ2v) is 4.39. The lowest BCUT2D eigenvalue weighted by Gasteiger charge is -2.17. The molecule has 1 aliphatic rings. The maximum Gasteiger partial charge on any atom is 0.269 e. The first-order chi connectivity index (χ1) is 8.75. The Morgan fingerprint density at radius 2 is 2.28 bits per heavy atom. The predicted octanol–water partition coefficient (Wildman–Crippen LogP) is 0.798. The van der Waals surface area contributed by atoms with Crippen molar-refractivity contribution in [3.05, 3.63) is 53.6 Å². The Morgan fingerprint density at radius 3 is 3.06 bits per heavy atom. The van der Waals surface area contributed by atoms with Gasteiger partial charge in [0.1, 0.15) is 5.69 Å². The van der Waals surface area contributed by atoms with Crippen LogP contribution in [0.5, 0.6) is 0 Å². The molecule has 3 N–H and O–H groups in total. The highest BCUT2D eigenvalue weighted by Gasteiger charge is 2.32. The van der Waals surface area contributed by atoms with E-state index in [4.69, 9.17) is 0 Å². The minimum atomic E-state index is -0.575. The Balaban J connectivity index is 1.83. The zero-order valence-electron chi connectivity index (χ0n) is 9.63. The summed E-state index contributed by atoms with van der Waals surface area (Å²) in [5.74, 6) is -0.256. The van der Waals surface area contributed by atoms with Gasteiger partial charge in [-0.25, -0.2) is 4.98 Å². The molecule has 2 aromatic rings. The van der Waals surface area contributed by atoms with Gasteiger partial charge in [-0.3, -0.25) is 4.79 Å². The fourth-order valence-corrected chi connectivity index (χ4v) is 2.35. The highest BCUT2D eigenvalue weighted by atomic mass is 16.3. The molecule has 0 bridgehead atoms. The maximum absolute atomic E-state index is 11.9. The molecule has 0 saturated carbocycles. The van der Waals surface area contributed by atoms with Crippen LogP contribution in [0.1, 0.15) is 27.7 Å². The highest BCUT2D eigenvalue weighted by Crippen LogP contribution is 2.31. The topological polar surface area (TPSA) is 78.0 Å². The number of nitrogens with one attached hydrogen (secondary N) is 2. The lowest BCUT2D eigenvalue weighted by atomic mass is 10.1. The van der Waals surface area contributed by atoms with Crippen LogP contribution in [0.3, 0.4) is 0 Å². The summed E-state index contributed by atoms with van der Waals surface area (Å²) < 4.78 is 0. The zero-order chi connectivity index (χ0) is 12.5. The number of amides is 1. The average Bonchev–Trinajstić information content (AvgIpc) is 2.98. The number of hydrogen-bond donors (Lipinski definition) is 3. The van der Waals surface area contributed by atoms with Crippen molar-refractivity contribution >= 4 is 5.91 Å². The molecule has 0 radical (unpaired) electrons. The molecular formula is C13H13N3O2. The highest BCUT2D eigenvalue weighted by molar-refractivity contribution is 5.92. The van der Waals surface area contributed by atoms with Crippen LogP contribution in [0, 0.1) is 0 Å². The SMILES string of the molecule is O=C(NC1c2ccccc2CC1O)c1cnc[nH]1. The van der Waals surface area contributed by atoms with Gasteiger partial charge in [0.15, 0.2) is 0 Å². The van der Waals surface area contributed by atoms with Gasteiger partial charge in [-0.2, -0.15) is 0 Å². The molecule has 1 amide bonds. The molecule has 0 aliphatic heterocycles. The number of rotatable bonds is 2. The van der Waals surface area contributed by atoms with Crippen molar-refractivity contribution in [2.24, 2.45) is 0 Å². The number of carbonyl (C=O) groups excluding carboxylic acids is 1. The summed E-state index contributed by atoms with van der Waals surface area (Å²) in [6, 6.07) is 7.40. The maximum atomic E-state index is 11.9. The van der Waals surface area contributed by atoms with Gasteiger partial charge in [-0.15, -0.1) is 0 Å². The molecule has 5 nitrogen and oxygen atoms in total. The van der Waals surface area contributed by atoms with E-state index in [-0.39, 0.29) is 11.9 Å². The van der Waals surface area contributed by atoms with Crippen LogP contribution >= 0.6 is 0 Å². The van der Waals surface area contributed by atoms with E-state index in [1.54, 1.807) is 0 Å². The fraction of sp³-hybridized carbons (Fsp3) is 0.231. The Hall–Kier alpha value is -2.14. The number of nitrogens with zero attached hydrogens (tertiary/aromatic N) is 1. The summed E-state index contributed by atoms with van der Waals surface area (Å²) in [5.41, 5.74) is 2.46. The van der Waals surface area contributed by atoms with E-state index in [2.05, 4.69) is 15.3 Å². The molecular weight excluding hydrogens is 230 g/mol. The van der Waals surface area contributed by atoms with Gasteiger partial charge in [0.05, 0.1) is 24.7 Å². The summed E-state index contributed by atoms with van der Waals surface area (Å²) in [7, 11) is 0. The van der Waals surface area contributed by atoms with E-state index in [9.17, 15) is 9.90 Å². The predicted molar refractivity (Wildman–Crippen MR) is 64.9 cm³/mol. The van der Waals surface area contributed by atoms with E-state index in [0.29, 0.717) is 12.1 Å². The van der Waals surface area contributed by atoms with Crippen molar-refractivity contribution in [2.45, 2.75) is 18.6 Å². The van der Waals surface area contributed by atoms with E-state index in [1.165, 1.54) is 12.5 Å². The van der Waals surface area contributed by atoms with Gasteiger partial charge in [-0.1, -0.05) is 24.3 Å². The number of aliphatic hydroxyl groups excluding tert-OH is 1. The van der Waals surface area contributed by atoms with Gasteiger partial charge in [-0.05, 0) is 11.1 Å². The number of carbonyl (C=O) groups is 1. The van der Waals surface area contributed by atoms with Crippen molar-refractivity contribution in [3.63, 3.8) is 0 Å². The first-order valence-corrected chi connectivity index (χ1v) is 5.81. The molecule has 0 fully saturated rings. The smallest absolute Gasteiger partial charge is 0.269 e. The van der Waals surface area contributed by atoms with Crippen LogP contribution in [-0.2, 0) is 6.42 Å². The molecule has 3 rings (SSSR count). The monoisotopic (exact) mass is 243 g/mol. The van der Waals surface area contributed by atoms with Crippen molar-refractivity contribution in [1.29, 1.82) is 0 Å². The van der Waals surface area contributed by atoms with Gasteiger partial charge in [0, 0.05) is 6.42 Å². The number of imidazole rings is 1. The number of aromatic nitrogens is 2. The molecule has 0 spiro atoms. The number of H-pyrrole nitrogens is 1. The molecule has 5 heteroatoms. The van der Waals surface area contributed by atoms with Gasteiger partial charge < -0.3 is 15.4 Å². The lowest BCUT2D eigenvalue weighted by molar-refractivity contribution is 0.0854. The lowest BCUT2D eigenvalue weighted by Crippen LogP contribution is -2.34. The molecule has 2 atom stereocenters. The summed E-state index contributed by atoms with van der Waals surface area (Å²) in [5, 5.41) is 12.8. The third kappa shape index (κ3) is 1.78. The number of fused-ring (bicyclic) bond motifs is 1. The summed E-state index contributed by atoms with van der Waals surface area (Å²) in [6.45, 7) is 0. The number of aliphatic hydroxyl groups is 1. The first-order valence-electron chi connectivity index (χ1n) is 5.81. The molecule has 1 aliphatic carbocycles. The van der Waals surface area contributed by atoms with Crippen LogP contribution in [0.15, 0.2) is 36.8 Å². The largest absolute Gasteiger partial charge is 0.390 e. The normalized spacial score (nSPS) is 21.6. The molecule has 92 valence electrons. The van der Waals surface area contributed by atoms with Crippen molar-refractivity contribution in [2.75, 3.05) is 0 Å². The van der Waals surface area contributed by atoms with Gasteiger partial charge in [0.25, 0.3) is 5.91 Å². The quantitative estimate of drug-likeness (QED) is 0.730. The summed E-state index contributed by atoms with van der Waals surface area (Å²) in [4.78, 5) is 18.5. The minimum Gasteiger partial charge on any atom is -0.390 e. The van der Waals surface area contributed by atoms with E-state index in [1.807, 2.05) is 24.3 Å². The van der Waals surface area contributed by atoms with Crippen LogP contribution in [0.4, 0.5) is 0 Å². The number of aromatic amines is 1. The second kappa shape index (κ2) is 4.27. The minimum absolute atomic E-state index is 0.256.